The Kier molecular flexibility index (Phi) is 10.5. The van der Waals surface area contributed by atoms with Gasteiger partial charge in [0.1, 0.15) is 0 Å². The second-order valence-corrected chi connectivity index (χ2v) is 13.4. The van der Waals surface area contributed by atoms with E-state index >= 15 is 0 Å². The van der Waals surface area contributed by atoms with Gasteiger partial charge in [-0.2, -0.15) is 0 Å². The van der Waals surface area contributed by atoms with Gasteiger partial charge in [0.05, 0.1) is 0 Å². The Morgan fingerprint density at radius 1 is 0.886 bits per heavy atom. The maximum absolute atomic E-state index is 2.65. The van der Waals surface area contributed by atoms with E-state index in [1.54, 1.807) is 27.8 Å². The van der Waals surface area contributed by atoms with Gasteiger partial charge in [0.25, 0.3) is 0 Å². The van der Waals surface area contributed by atoms with Crippen LogP contribution in [0.15, 0.2) is 120 Å². The number of benzene rings is 2. The fraction of sp³-hybridized carbons (Fsp3) is 0.409. The van der Waals surface area contributed by atoms with Gasteiger partial charge in [-0.1, -0.05) is 135 Å². The molecule has 44 heavy (non-hydrogen) atoms. The zero-order valence-corrected chi connectivity index (χ0v) is 27.2. The van der Waals surface area contributed by atoms with Gasteiger partial charge in [-0.15, -0.1) is 0 Å². The molecule has 2 saturated carbocycles. The summed E-state index contributed by atoms with van der Waals surface area (Å²) in [7, 11) is 0. The first-order valence-corrected chi connectivity index (χ1v) is 17.7. The van der Waals surface area contributed by atoms with Crippen LogP contribution in [0.4, 0.5) is 0 Å². The van der Waals surface area contributed by atoms with E-state index in [-0.39, 0.29) is 0 Å². The van der Waals surface area contributed by atoms with E-state index < -0.39 is 0 Å². The van der Waals surface area contributed by atoms with Gasteiger partial charge in [-0.05, 0) is 127 Å². The van der Waals surface area contributed by atoms with Gasteiger partial charge in [0.2, 0.25) is 0 Å². The number of allylic oxidation sites excluding steroid dienone is 14. The average molecular weight is 581 g/mol. The van der Waals surface area contributed by atoms with Crippen molar-refractivity contribution >= 4 is 5.57 Å². The minimum absolute atomic E-state index is 0.565. The zero-order valence-electron chi connectivity index (χ0n) is 27.2. The molecule has 3 atom stereocenters. The van der Waals surface area contributed by atoms with Crippen molar-refractivity contribution in [1.82, 2.24) is 0 Å². The third kappa shape index (κ3) is 7.63. The lowest BCUT2D eigenvalue weighted by Crippen LogP contribution is -2.07. The molecule has 2 aromatic carbocycles. The molecule has 0 N–H and O–H groups in total. The normalized spacial score (nSPS) is 24.8. The average Bonchev–Trinajstić information content (AvgIpc) is 3.90. The molecule has 0 aliphatic heterocycles. The third-order valence-electron chi connectivity index (χ3n) is 10.3. The summed E-state index contributed by atoms with van der Waals surface area (Å²) >= 11 is 0. The minimum atomic E-state index is 0.565. The Labute approximate surface area is 267 Å². The second-order valence-electron chi connectivity index (χ2n) is 13.4. The summed E-state index contributed by atoms with van der Waals surface area (Å²) in [6, 6.07) is 16.7. The van der Waals surface area contributed by atoms with Crippen LogP contribution < -0.4 is 0 Å². The fourth-order valence-corrected chi connectivity index (χ4v) is 7.67. The molecule has 4 aliphatic carbocycles. The Morgan fingerprint density at radius 3 is 2.73 bits per heavy atom. The Bertz CT molecular complexity index is 1510. The lowest BCUT2D eigenvalue weighted by Gasteiger charge is -2.23. The number of aryl methyl sites for hydroxylation is 1. The molecule has 4 aliphatic rings. The Balaban J connectivity index is 1.35. The van der Waals surface area contributed by atoms with Gasteiger partial charge in [0, 0.05) is 5.92 Å². The number of hydrogen-bond acceptors (Lipinski definition) is 0. The first kappa shape index (κ1) is 30.6. The number of hydrogen-bond donors (Lipinski definition) is 0. The summed E-state index contributed by atoms with van der Waals surface area (Å²) in [5, 5.41) is 0. The predicted molar refractivity (Wildman–Crippen MR) is 192 cm³/mol. The molecule has 2 fully saturated rings. The summed E-state index contributed by atoms with van der Waals surface area (Å²) in [5.41, 5.74) is 13.6. The van der Waals surface area contributed by atoms with Crippen LogP contribution in [0.1, 0.15) is 114 Å². The van der Waals surface area contributed by atoms with Crippen LogP contribution in [0.25, 0.3) is 16.7 Å². The maximum atomic E-state index is 2.65. The van der Waals surface area contributed by atoms with Crippen LogP contribution in [0.5, 0.6) is 0 Å². The van der Waals surface area contributed by atoms with Crippen molar-refractivity contribution in [1.29, 1.82) is 0 Å². The van der Waals surface area contributed by atoms with Crippen LogP contribution in [0, 0.1) is 11.8 Å². The van der Waals surface area contributed by atoms with Gasteiger partial charge in [0.15, 0.2) is 0 Å². The van der Waals surface area contributed by atoms with Crippen molar-refractivity contribution in [3.05, 3.63) is 137 Å². The third-order valence-corrected chi connectivity index (χ3v) is 10.3. The van der Waals surface area contributed by atoms with E-state index in [1.165, 1.54) is 80.1 Å². The molecule has 0 nitrogen and oxygen atoms in total. The monoisotopic (exact) mass is 580 g/mol. The predicted octanol–water partition coefficient (Wildman–Crippen LogP) is 12.8. The van der Waals surface area contributed by atoms with Crippen LogP contribution >= 0.6 is 0 Å². The SMILES string of the molecule is CCCC=C(c1cc(-c2cccc(CC)c2)ccc1C1CC1=CC1=CCC=CCC1)C1CCCC(C2=CC=CCC=C2)CC1. The minimum Gasteiger partial charge on any atom is -0.0879 e. The maximum Gasteiger partial charge on any atom is 0.00952 e. The highest BCUT2D eigenvalue weighted by molar-refractivity contribution is 5.78. The summed E-state index contributed by atoms with van der Waals surface area (Å²) < 4.78 is 0. The Hall–Kier alpha value is -3.38. The molecule has 0 radical (unpaired) electrons. The van der Waals surface area contributed by atoms with Gasteiger partial charge in [-0.25, -0.2) is 0 Å². The van der Waals surface area contributed by atoms with Crippen LogP contribution in [-0.2, 0) is 6.42 Å². The summed E-state index contributed by atoms with van der Waals surface area (Å²) in [5.74, 6) is 1.89. The van der Waals surface area contributed by atoms with E-state index in [2.05, 4.69) is 117 Å². The second kappa shape index (κ2) is 15.1. The van der Waals surface area contributed by atoms with Crippen molar-refractivity contribution < 1.29 is 0 Å². The molecule has 0 bridgehead atoms. The van der Waals surface area contributed by atoms with Crippen molar-refractivity contribution in [2.45, 2.75) is 103 Å². The molecule has 228 valence electrons. The molecule has 3 unspecified atom stereocenters. The molecule has 0 heterocycles. The molecular formula is C44H52. The molecule has 0 heteroatoms. The number of unbranched alkanes of at least 4 members (excludes halogenated alkanes) is 1. The molecule has 6 rings (SSSR count). The molecular weight excluding hydrogens is 528 g/mol. The first-order chi connectivity index (χ1) is 21.7. The van der Waals surface area contributed by atoms with Gasteiger partial charge in [-0.3, -0.25) is 0 Å². The summed E-state index contributed by atoms with van der Waals surface area (Å²) in [6.45, 7) is 4.59. The largest absolute Gasteiger partial charge is 0.0879 e. The molecule has 2 aromatic rings. The molecule has 0 saturated heterocycles. The Morgan fingerprint density at radius 2 is 1.82 bits per heavy atom. The van der Waals surface area contributed by atoms with Crippen LogP contribution in [0.2, 0.25) is 0 Å². The van der Waals surface area contributed by atoms with E-state index in [4.69, 9.17) is 0 Å². The standard InChI is InChI=1S/C44H52/c1-3-5-24-41(37-22-15-21-36(25-26-37)35-19-12-8-9-13-20-35)44-31-39(38-23-14-18-33(4-2)29-38)27-28-42(44)43-32-40(43)30-34-16-10-6-7-11-17-34/h6-8,12-14,16,18-20,23-24,27-31,36-37,43H,3-5,9-11,15,17,21-22,25-26,32H2,1-2H3. The van der Waals surface area contributed by atoms with Crippen molar-refractivity contribution in [2.24, 2.45) is 11.8 Å². The van der Waals surface area contributed by atoms with Crippen molar-refractivity contribution in [3.8, 4) is 11.1 Å². The first-order valence-electron chi connectivity index (χ1n) is 17.7. The summed E-state index contributed by atoms with van der Waals surface area (Å²) in [4.78, 5) is 0. The molecule has 0 amide bonds. The molecule has 0 aromatic heterocycles. The summed E-state index contributed by atoms with van der Waals surface area (Å²) in [6.07, 6.45) is 39.7. The van der Waals surface area contributed by atoms with E-state index in [9.17, 15) is 0 Å². The van der Waals surface area contributed by atoms with E-state index in [1.807, 2.05) is 0 Å². The molecule has 0 spiro atoms. The smallest absolute Gasteiger partial charge is 0.00952 e. The van der Waals surface area contributed by atoms with E-state index in [0.29, 0.717) is 17.8 Å². The highest BCUT2D eigenvalue weighted by Crippen LogP contribution is 2.52. The topological polar surface area (TPSA) is 0 Å². The quantitative estimate of drug-likeness (QED) is 0.204. The van der Waals surface area contributed by atoms with Crippen LogP contribution in [0.3, 0.4) is 0 Å². The lowest BCUT2D eigenvalue weighted by molar-refractivity contribution is 0.527. The highest BCUT2D eigenvalue weighted by atomic mass is 14.4. The van der Waals surface area contributed by atoms with E-state index in [0.717, 1.165) is 25.7 Å². The van der Waals surface area contributed by atoms with Crippen LogP contribution in [-0.4, -0.2) is 0 Å². The van der Waals surface area contributed by atoms with Gasteiger partial charge >= 0.3 is 0 Å². The zero-order chi connectivity index (χ0) is 30.1. The van der Waals surface area contributed by atoms with Gasteiger partial charge < -0.3 is 0 Å². The fourth-order valence-electron chi connectivity index (χ4n) is 7.67. The van der Waals surface area contributed by atoms with Crippen molar-refractivity contribution in [2.75, 3.05) is 0 Å². The van der Waals surface area contributed by atoms with Crippen molar-refractivity contribution in [3.63, 3.8) is 0 Å². The lowest BCUT2D eigenvalue weighted by atomic mass is 9.81. The highest BCUT2D eigenvalue weighted by Gasteiger charge is 2.35. The number of rotatable bonds is 9.